The maximum absolute atomic E-state index is 6.03. The number of hydrogen-bond acceptors (Lipinski definition) is 3. The van der Waals surface area contributed by atoms with E-state index in [2.05, 4.69) is 37.7 Å². The van der Waals surface area contributed by atoms with Gasteiger partial charge in [0.15, 0.2) is 0 Å². The summed E-state index contributed by atoms with van der Waals surface area (Å²) in [6.07, 6.45) is 6.90. The average molecular weight is 256 g/mol. The first-order valence-electron chi connectivity index (χ1n) is 7.69. The Morgan fingerprint density at radius 3 is 2.67 bits per heavy atom. The van der Waals surface area contributed by atoms with Crippen LogP contribution in [0, 0.1) is 0 Å². The maximum atomic E-state index is 6.03. The van der Waals surface area contributed by atoms with Crippen LogP contribution in [-0.2, 0) is 4.74 Å². The van der Waals surface area contributed by atoms with Gasteiger partial charge in [-0.1, -0.05) is 33.1 Å². The highest BCUT2D eigenvalue weighted by Crippen LogP contribution is 2.19. The van der Waals surface area contributed by atoms with Crippen molar-refractivity contribution in [3.8, 4) is 0 Å². The van der Waals surface area contributed by atoms with Gasteiger partial charge >= 0.3 is 0 Å². The van der Waals surface area contributed by atoms with Crippen molar-refractivity contribution in [1.29, 1.82) is 0 Å². The zero-order valence-corrected chi connectivity index (χ0v) is 12.8. The van der Waals surface area contributed by atoms with Crippen molar-refractivity contribution >= 4 is 0 Å². The van der Waals surface area contributed by atoms with E-state index in [-0.39, 0.29) is 0 Å². The molecular formula is C15H32N2O. The van der Waals surface area contributed by atoms with Gasteiger partial charge in [-0.05, 0) is 33.5 Å². The second-order valence-electron chi connectivity index (χ2n) is 5.72. The van der Waals surface area contributed by atoms with Crippen molar-refractivity contribution in [3.05, 3.63) is 0 Å². The van der Waals surface area contributed by atoms with E-state index in [0.29, 0.717) is 12.1 Å². The van der Waals surface area contributed by atoms with Gasteiger partial charge in [0, 0.05) is 19.1 Å². The van der Waals surface area contributed by atoms with E-state index < -0.39 is 0 Å². The van der Waals surface area contributed by atoms with Crippen molar-refractivity contribution in [1.82, 2.24) is 9.80 Å². The zero-order valence-electron chi connectivity index (χ0n) is 12.8. The lowest BCUT2D eigenvalue weighted by molar-refractivity contribution is -0.0746. The molecule has 0 saturated carbocycles. The van der Waals surface area contributed by atoms with Crippen LogP contribution in [0.2, 0.25) is 0 Å². The number of unbranched alkanes of at least 4 members (excludes halogenated alkanes) is 2. The lowest BCUT2D eigenvalue weighted by Crippen LogP contribution is -2.53. The van der Waals surface area contributed by atoms with Crippen LogP contribution in [0.4, 0.5) is 0 Å². The van der Waals surface area contributed by atoms with Crippen molar-refractivity contribution in [2.24, 2.45) is 0 Å². The fraction of sp³-hybridized carbons (Fsp3) is 1.00. The van der Waals surface area contributed by atoms with Crippen LogP contribution in [0.15, 0.2) is 0 Å². The topological polar surface area (TPSA) is 15.7 Å². The van der Waals surface area contributed by atoms with Crippen molar-refractivity contribution in [2.45, 2.75) is 58.1 Å². The molecule has 0 aromatic rings. The van der Waals surface area contributed by atoms with E-state index in [1.807, 2.05) is 0 Å². The van der Waals surface area contributed by atoms with Crippen LogP contribution in [0.25, 0.3) is 0 Å². The highest BCUT2D eigenvalue weighted by molar-refractivity contribution is 4.84. The van der Waals surface area contributed by atoms with Crippen molar-refractivity contribution in [2.75, 3.05) is 40.3 Å². The Morgan fingerprint density at radius 2 is 2.00 bits per heavy atom. The van der Waals surface area contributed by atoms with Gasteiger partial charge in [-0.25, -0.2) is 0 Å². The smallest absolute Gasteiger partial charge is 0.0857 e. The van der Waals surface area contributed by atoms with Gasteiger partial charge in [0.2, 0.25) is 0 Å². The van der Waals surface area contributed by atoms with Gasteiger partial charge in [0.05, 0.1) is 12.7 Å². The summed E-state index contributed by atoms with van der Waals surface area (Å²) in [5, 5.41) is 0. The van der Waals surface area contributed by atoms with E-state index in [1.54, 1.807) is 0 Å². The molecule has 3 nitrogen and oxygen atoms in total. The van der Waals surface area contributed by atoms with Crippen LogP contribution >= 0.6 is 0 Å². The standard InChI is InChI=1S/C15H32N2O/c1-5-7-8-9-14-15(13-16(3)10-6-2)18-12-11-17(14)4/h14-15H,5-13H2,1-4H3/t14-,15-/m1/s1. The molecule has 0 amide bonds. The molecule has 0 bridgehead atoms. The summed E-state index contributed by atoms with van der Waals surface area (Å²) in [5.74, 6) is 0. The fourth-order valence-electron chi connectivity index (χ4n) is 2.87. The summed E-state index contributed by atoms with van der Waals surface area (Å²) in [6.45, 7) is 8.74. The molecule has 0 aliphatic carbocycles. The van der Waals surface area contributed by atoms with E-state index in [1.165, 1.54) is 38.6 Å². The van der Waals surface area contributed by atoms with Gasteiger partial charge in [-0.2, -0.15) is 0 Å². The molecule has 1 rings (SSSR count). The van der Waals surface area contributed by atoms with Crippen LogP contribution in [0.5, 0.6) is 0 Å². The van der Waals surface area contributed by atoms with Gasteiger partial charge in [0.25, 0.3) is 0 Å². The Hall–Kier alpha value is -0.120. The van der Waals surface area contributed by atoms with Crippen LogP contribution in [-0.4, -0.2) is 62.3 Å². The molecule has 1 aliphatic rings. The Labute approximate surface area is 113 Å². The number of rotatable bonds is 8. The predicted molar refractivity (Wildman–Crippen MR) is 78.1 cm³/mol. The molecule has 108 valence electrons. The first kappa shape index (κ1) is 15.9. The second-order valence-corrected chi connectivity index (χ2v) is 5.72. The van der Waals surface area contributed by atoms with E-state index in [0.717, 1.165) is 19.7 Å². The maximum Gasteiger partial charge on any atom is 0.0857 e. The third kappa shape index (κ3) is 5.25. The quantitative estimate of drug-likeness (QED) is 0.621. The molecule has 0 radical (unpaired) electrons. The Morgan fingerprint density at radius 1 is 1.22 bits per heavy atom. The van der Waals surface area contributed by atoms with Gasteiger partial charge < -0.3 is 9.64 Å². The molecule has 18 heavy (non-hydrogen) atoms. The lowest BCUT2D eigenvalue weighted by Gasteiger charge is -2.40. The molecule has 0 aromatic carbocycles. The Balaban J connectivity index is 2.44. The van der Waals surface area contributed by atoms with Crippen molar-refractivity contribution in [3.63, 3.8) is 0 Å². The highest BCUT2D eigenvalue weighted by atomic mass is 16.5. The summed E-state index contributed by atoms with van der Waals surface area (Å²) in [4.78, 5) is 4.92. The first-order chi connectivity index (χ1) is 8.69. The molecule has 3 heteroatoms. The fourth-order valence-corrected chi connectivity index (χ4v) is 2.87. The highest BCUT2D eigenvalue weighted by Gasteiger charge is 2.30. The zero-order chi connectivity index (χ0) is 13.4. The molecular weight excluding hydrogens is 224 g/mol. The summed E-state index contributed by atoms with van der Waals surface area (Å²) < 4.78 is 6.03. The van der Waals surface area contributed by atoms with Gasteiger partial charge in [-0.15, -0.1) is 0 Å². The van der Waals surface area contributed by atoms with Crippen LogP contribution in [0.3, 0.4) is 0 Å². The number of ether oxygens (including phenoxy) is 1. The summed E-state index contributed by atoms with van der Waals surface area (Å²) in [6, 6.07) is 0.615. The molecule has 0 aromatic heterocycles. The van der Waals surface area contributed by atoms with Gasteiger partial charge in [-0.3, -0.25) is 4.90 Å². The first-order valence-corrected chi connectivity index (χ1v) is 7.69. The summed E-state index contributed by atoms with van der Waals surface area (Å²) in [5.41, 5.74) is 0. The third-order valence-electron chi connectivity index (χ3n) is 3.97. The Bertz CT molecular complexity index is 211. The average Bonchev–Trinajstić information content (AvgIpc) is 2.33. The second kappa shape index (κ2) is 8.89. The molecule has 1 heterocycles. The largest absolute Gasteiger partial charge is 0.374 e. The molecule has 2 atom stereocenters. The van der Waals surface area contributed by atoms with Gasteiger partial charge in [0.1, 0.15) is 0 Å². The molecule has 1 aliphatic heterocycles. The monoisotopic (exact) mass is 256 g/mol. The van der Waals surface area contributed by atoms with E-state index >= 15 is 0 Å². The molecule has 0 N–H and O–H groups in total. The van der Waals surface area contributed by atoms with E-state index in [9.17, 15) is 0 Å². The minimum atomic E-state index is 0.400. The Kier molecular flexibility index (Phi) is 7.87. The minimum absolute atomic E-state index is 0.400. The van der Waals surface area contributed by atoms with Crippen LogP contribution < -0.4 is 0 Å². The number of hydrogen-bond donors (Lipinski definition) is 0. The molecule has 0 spiro atoms. The summed E-state index contributed by atoms with van der Waals surface area (Å²) >= 11 is 0. The van der Waals surface area contributed by atoms with Crippen molar-refractivity contribution < 1.29 is 4.74 Å². The predicted octanol–water partition coefficient (Wildman–Crippen LogP) is 2.61. The molecule has 1 saturated heterocycles. The van der Waals surface area contributed by atoms with E-state index in [4.69, 9.17) is 4.74 Å². The lowest BCUT2D eigenvalue weighted by atomic mass is 10.00. The normalized spacial score (nSPS) is 25.8. The van der Waals surface area contributed by atoms with Crippen LogP contribution in [0.1, 0.15) is 46.0 Å². The minimum Gasteiger partial charge on any atom is -0.374 e. The number of nitrogens with zero attached hydrogens (tertiary/aromatic N) is 2. The number of likely N-dealkylation sites (N-methyl/N-ethyl adjacent to an activating group) is 2. The molecule has 0 unspecified atom stereocenters. The molecule has 1 fully saturated rings. The third-order valence-corrected chi connectivity index (χ3v) is 3.97. The summed E-state index contributed by atoms with van der Waals surface area (Å²) in [7, 11) is 4.47. The number of morpholine rings is 1. The SMILES string of the molecule is CCCCC[C@@H]1[C@@H](CN(C)CCC)OCCN1C.